The maximum absolute atomic E-state index is 11.3. The summed E-state index contributed by atoms with van der Waals surface area (Å²) in [5, 5.41) is 11.3. The van der Waals surface area contributed by atoms with E-state index in [4.69, 9.17) is 4.74 Å². The van der Waals surface area contributed by atoms with Crippen LogP contribution in [0.15, 0.2) is 77.3 Å². The van der Waals surface area contributed by atoms with E-state index in [1.165, 1.54) is 11.6 Å². The second-order valence-electron chi connectivity index (χ2n) is 8.05. The summed E-state index contributed by atoms with van der Waals surface area (Å²) in [4.78, 5) is 13.1. The Morgan fingerprint density at radius 2 is 1.73 bits per heavy atom. The first-order valence-corrected chi connectivity index (χ1v) is 10.5. The summed E-state index contributed by atoms with van der Waals surface area (Å²) in [6.07, 6.45) is 3.96. The van der Waals surface area contributed by atoms with Crippen molar-refractivity contribution in [3.8, 4) is 5.75 Å². The molecule has 0 bridgehead atoms. The lowest BCUT2D eigenvalue weighted by molar-refractivity contribution is -0.385. The van der Waals surface area contributed by atoms with E-state index >= 15 is 0 Å². The van der Waals surface area contributed by atoms with Crippen LogP contribution in [0, 0.1) is 10.1 Å². The van der Waals surface area contributed by atoms with Crippen LogP contribution >= 0.6 is 15.9 Å². The van der Waals surface area contributed by atoms with Crippen LogP contribution in [-0.4, -0.2) is 10.6 Å². The highest BCUT2D eigenvalue weighted by Crippen LogP contribution is 2.58. The van der Waals surface area contributed by atoms with Gasteiger partial charge in [-0.05, 0) is 65.7 Å². The van der Waals surface area contributed by atoms with Crippen molar-refractivity contribution >= 4 is 39.1 Å². The number of halogens is 1. The molecule has 1 unspecified atom stereocenters. The Kier molecular flexibility index (Phi) is 4.05. The number of nitrogens with zero attached hydrogens (tertiary/aromatic N) is 2. The normalized spacial score (nSPS) is 20.6. The third-order valence-electron chi connectivity index (χ3n) is 6.07. The zero-order valence-electron chi connectivity index (χ0n) is 16.5. The van der Waals surface area contributed by atoms with Gasteiger partial charge in [-0.1, -0.05) is 36.4 Å². The molecule has 1 atom stereocenters. The van der Waals surface area contributed by atoms with Gasteiger partial charge in [0.05, 0.1) is 14.8 Å². The van der Waals surface area contributed by atoms with Gasteiger partial charge < -0.3 is 4.74 Å². The molecule has 6 heteroatoms. The van der Waals surface area contributed by atoms with Gasteiger partial charge in [-0.2, -0.15) is 0 Å². The molecule has 2 aliphatic heterocycles. The molecule has 2 heterocycles. The van der Waals surface area contributed by atoms with Gasteiger partial charge in [-0.3, -0.25) is 15.0 Å². The van der Waals surface area contributed by atoms with Gasteiger partial charge in [0.2, 0.25) is 5.72 Å². The number of hydrogen-bond donors (Lipinski definition) is 0. The molecule has 0 aromatic heterocycles. The van der Waals surface area contributed by atoms with Crippen LogP contribution in [0.3, 0.4) is 0 Å². The summed E-state index contributed by atoms with van der Waals surface area (Å²) in [5.41, 5.74) is 2.76. The SMILES string of the molecule is CC1(C)c2ccccc2N(c2ccccc2)C12C=Cc1cc([N+](=O)[O-])cc(Br)c1O2. The lowest BCUT2D eigenvalue weighted by atomic mass is 9.76. The number of rotatable bonds is 2. The fourth-order valence-corrected chi connectivity index (χ4v) is 5.09. The van der Waals surface area contributed by atoms with Gasteiger partial charge in [-0.25, -0.2) is 0 Å². The van der Waals surface area contributed by atoms with Crippen LogP contribution in [0.1, 0.15) is 25.0 Å². The molecule has 3 aromatic rings. The highest BCUT2D eigenvalue weighted by atomic mass is 79.9. The maximum Gasteiger partial charge on any atom is 0.271 e. The van der Waals surface area contributed by atoms with E-state index in [1.807, 2.05) is 42.5 Å². The fourth-order valence-electron chi connectivity index (χ4n) is 4.54. The van der Waals surface area contributed by atoms with Gasteiger partial charge in [0.15, 0.2) is 0 Å². The van der Waals surface area contributed by atoms with Crippen molar-refractivity contribution in [3.05, 3.63) is 98.5 Å². The maximum atomic E-state index is 11.3. The van der Waals surface area contributed by atoms with Crippen LogP contribution < -0.4 is 9.64 Å². The number of ether oxygens (including phenoxy) is 1. The van der Waals surface area contributed by atoms with Crippen molar-refractivity contribution in [2.75, 3.05) is 4.90 Å². The Balaban J connectivity index is 1.75. The Morgan fingerprint density at radius 1 is 1.03 bits per heavy atom. The van der Waals surface area contributed by atoms with E-state index in [2.05, 4.69) is 58.9 Å². The quantitative estimate of drug-likeness (QED) is 0.318. The standard InChI is InChI=1S/C24H19BrN2O3/c1-23(2)19-10-6-7-11-21(19)26(17-8-4-3-5-9-17)24(23)13-12-16-14-18(27(28)29)15-20(25)22(16)30-24/h3-15H,1-2H3. The summed E-state index contributed by atoms with van der Waals surface area (Å²) in [6, 6.07) is 21.5. The second kappa shape index (κ2) is 6.44. The monoisotopic (exact) mass is 462 g/mol. The molecule has 0 aliphatic carbocycles. The number of non-ortho nitro benzene ring substituents is 1. The number of nitro benzene ring substituents is 1. The zero-order chi connectivity index (χ0) is 21.1. The zero-order valence-corrected chi connectivity index (χ0v) is 18.1. The molecule has 0 amide bonds. The van der Waals surface area contributed by atoms with Crippen molar-refractivity contribution in [3.63, 3.8) is 0 Å². The predicted molar refractivity (Wildman–Crippen MR) is 121 cm³/mol. The minimum Gasteiger partial charge on any atom is -0.461 e. The number of hydrogen-bond acceptors (Lipinski definition) is 4. The highest BCUT2D eigenvalue weighted by molar-refractivity contribution is 9.10. The first kappa shape index (κ1) is 18.9. The van der Waals surface area contributed by atoms with Gasteiger partial charge in [-0.15, -0.1) is 0 Å². The molecule has 2 aliphatic rings. The minimum atomic E-state index is -0.830. The fraction of sp³-hybridized carbons (Fsp3) is 0.167. The Labute approximate surface area is 182 Å². The summed E-state index contributed by atoms with van der Waals surface area (Å²) < 4.78 is 7.35. The van der Waals surface area contributed by atoms with E-state index in [1.54, 1.807) is 6.07 Å². The molecule has 3 aromatic carbocycles. The molecular weight excluding hydrogens is 444 g/mol. The lowest BCUT2D eigenvalue weighted by Crippen LogP contribution is -2.57. The molecule has 0 saturated carbocycles. The third kappa shape index (κ3) is 2.46. The number of nitro groups is 1. The molecule has 5 rings (SSSR count). The van der Waals surface area contributed by atoms with Crippen LogP contribution in [-0.2, 0) is 5.41 Å². The molecular formula is C24H19BrN2O3. The molecule has 5 nitrogen and oxygen atoms in total. The van der Waals surface area contributed by atoms with Crippen LogP contribution in [0.25, 0.3) is 6.08 Å². The predicted octanol–water partition coefficient (Wildman–Crippen LogP) is 6.59. The van der Waals surface area contributed by atoms with Crippen LogP contribution in [0.5, 0.6) is 5.75 Å². The summed E-state index contributed by atoms with van der Waals surface area (Å²) in [6.45, 7) is 4.34. The molecule has 0 N–H and O–H groups in total. The van der Waals surface area contributed by atoms with Gasteiger partial charge in [0.1, 0.15) is 5.75 Å². The number of para-hydroxylation sites is 2. The van der Waals surface area contributed by atoms with Crippen molar-refractivity contribution in [1.29, 1.82) is 0 Å². The molecule has 0 saturated heterocycles. The van der Waals surface area contributed by atoms with Gasteiger partial charge in [0, 0.05) is 29.1 Å². The highest BCUT2D eigenvalue weighted by Gasteiger charge is 2.59. The van der Waals surface area contributed by atoms with E-state index in [0.29, 0.717) is 15.8 Å². The summed E-state index contributed by atoms with van der Waals surface area (Å²) in [5.74, 6) is 0.602. The van der Waals surface area contributed by atoms with Crippen molar-refractivity contribution in [1.82, 2.24) is 0 Å². The van der Waals surface area contributed by atoms with Crippen molar-refractivity contribution < 1.29 is 9.66 Å². The Hall–Kier alpha value is -3.12. The number of anilines is 2. The first-order chi connectivity index (χ1) is 14.3. The molecule has 30 heavy (non-hydrogen) atoms. The second-order valence-corrected chi connectivity index (χ2v) is 8.90. The van der Waals surface area contributed by atoms with E-state index < -0.39 is 16.1 Å². The van der Waals surface area contributed by atoms with Gasteiger partial charge in [0.25, 0.3) is 5.69 Å². The average molecular weight is 463 g/mol. The average Bonchev–Trinajstić information content (AvgIpc) is 2.93. The topological polar surface area (TPSA) is 55.6 Å². The van der Waals surface area contributed by atoms with E-state index in [0.717, 1.165) is 11.4 Å². The molecule has 0 fully saturated rings. The lowest BCUT2D eigenvalue weighted by Gasteiger charge is -2.47. The Bertz CT molecular complexity index is 1210. The van der Waals surface area contributed by atoms with E-state index in [9.17, 15) is 10.1 Å². The minimum absolute atomic E-state index is 0.0266. The molecule has 0 radical (unpaired) electrons. The first-order valence-electron chi connectivity index (χ1n) is 9.66. The largest absolute Gasteiger partial charge is 0.461 e. The summed E-state index contributed by atoms with van der Waals surface area (Å²) >= 11 is 3.50. The number of fused-ring (bicyclic) bond motifs is 2. The summed E-state index contributed by atoms with van der Waals surface area (Å²) in [7, 11) is 0. The smallest absolute Gasteiger partial charge is 0.271 e. The Morgan fingerprint density at radius 3 is 2.47 bits per heavy atom. The van der Waals surface area contributed by atoms with Crippen LogP contribution in [0.4, 0.5) is 17.1 Å². The third-order valence-corrected chi connectivity index (χ3v) is 6.66. The van der Waals surface area contributed by atoms with Crippen molar-refractivity contribution in [2.45, 2.75) is 25.0 Å². The van der Waals surface area contributed by atoms with Gasteiger partial charge >= 0.3 is 0 Å². The molecule has 1 spiro atoms. The number of benzene rings is 3. The molecule has 150 valence electrons. The van der Waals surface area contributed by atoms with Crippen molar-refractivity contribution in [2.24, 2.45) is 0 Å². The van der Waals surface area contributed by atoms with Crippen LogP contribution in [0.2, 0.25) is 0 Å². The van der Waals surface area contributed by atoms with E-state index in [-0.39, 0.29) is 5.69 Å².